The van der Waals surface area contributed by atoms with Gasteiger partial charge in [0, 0.05) is 44.1 Å². The van der Waals surface area contributed by atoms with E-state index in [0.29, 0.717) is 18.6 Å². The normalized spacial score (nSPS) is 28.3. The molecule has 1 saturated heterocycles. The number of nitrogens with zero attached hydrogens (tertiary/aromatic N) is 3. The van der Waals surface area contributed by atoms with Crippen molar-refractivity contribution in [3.05, 3.63) is 17.7 Å². The molecule has 0 spiro atoms. The Labute approximate surface area is 115 Å². The lowest BCUT2D eigenvalue weighted by atomic mass is 9.99. The fraction of sp³-hybridized carbons (Fsp3) is 0.800. The first kappa shape index (κ1) is 13.1. The van der Waals surface area contributed by atoms with Crippen LogP contribution in [0.25, 0.3) is 0 Å². The summed E-state index contributed by atoms with van der Waals surface area (Å²) >= 11 is 0. The molecule has 106 valence electrons. The number of rotatable bonds is 3. The molecule has 0 amide bonds. The van der Waals surface area contributed by atoms with Gasteiger partial charge in [-0.25, -0.2) is 4.98 Å². The van der Waals surface area contributed by atoms with Crippen LogP contribution < -0.4 is 0 Å². The first-order valence-electron chi connectivity index (χ1n) is 7.62. The number of aliphatic hydroxyl groups is 1. The molecule has 4 heteroatoms. The summed E-state index contributed by atoms with van der Waals surface area (Å²) in [5.74, 6) is 1.64. The molecule has 1 N–H and O–H groups in total. The maximum Gasteiger partial charge on any atom is 0.108 e. The molecule has 2 aliphatic rings. The van der Waals surface area contributed by atoms with Crippen molar-refractivity contribution in [3.63, 3.8) is 0 Å². The summed E-state index contributed by atoms with van der Waals surface area (Å²) in [5.41, 5.74) is 1.24. The zero-order valence-corrected chi connectivity index (χ0v) is 11.9. The standard InChI is InChI=1S/C15H25N3O/c1-17-7-3-2-4-14(17)8-13-10-18-9-12(11-19)5-6-15(18)16-13/h10,12,14,19H,2-9,11H2,1H3. The highest BCUT2D eigenvalue weighted by Gasteiger charge is 2.23. The van der Waals surface area contributed by atoms with Crippen molar-refractivity contribution in [1.82, 2.24) is 14.5 Å². The first-order chi connectivity index (χ1) is 9.26. The van der Waals surface area contributed by atoms with Gasteiger partial charge in [-0.15, -0.1) is 0 Å². The van der Waals surface area contributed by atoms with Crippen molar-refractivity contribution >= 4 is 0 Å². The van der Waals surface area contributed by atoms with Crippen molar-refractivity contribution in [1.29, 1.82) is 0 Å². The second kappa shape index (κ2) is 5.63. The van der Waals surface area contributed by atoms with Gasteiger partial charge in [-0.2, -0.15) is 0 Å². The SMILES string of the molecule is CN1CCCCC1Cc1cn2c(n1)CCC(CO)C2. The minimum atomic E-state index is 0.304. The minimum Gasteiger partial charge on any atom is -0.396 e. The van der Waals surface area contributed by atoms with Crippen molar-refractivity contribution in [2.24, 2.45) is 5.92 Å². The summed E-state index contributed by atoms with van der Waals surface area (Å²) < 4.78 is 2.27. The summed E-state index contributed by atoms with van der Waals surface area (Å²) in [5, 5.41) is 9.28. The Kier molecular flexibility index (Phi) is 3.89. The molecule has 0 saturated carbocycles. The predicted molar refractivity (Wildman–Crippen MR) is 75.1 cm³/mol. The smallest absolute Gasteiger partial charge is 0.108 e. The zero-order valence-electron chi connectivity index (χ0n) is 11.9. The number of hydrogen-bond donors (Lipinski definition) is 1. The van der Waals surface area contributed by atoms with Gasteiger partial charge in [-0.3, -0.25) is 0 Å². The Morgan fingerprint density at radius 2 is 2.26 bits per heavy atom. The summed E-state index contributed by atoms with van der Waals surface area (Å²) in [4.78, 5) is 7.29. The van der Waals surface area contributed by atoms with Gasteiger partial charge in [0.15, 0.2) is 0 Å². The van der Waals surface area contributed by atoms with Crippen LogP contribution in [0.2, 0.25) is 0 Å². The lowest BCUT2D eigenvalue weighted by Gasteiger charge is -2.31. The Bertz CT molecular complexity index is 429. The largest absolute Gasteiger partial charge is 0.396 e. The quantitative estimate of drug-likeness (QED) is 0.898. The van der Waals surface area contributed by atoms with E-state index in [1.807, 2.05) is 0 Å². The van der Waals surface area contributed by atoms with Gasteiger partial charge in [0.05, 0.1) is 5.69 Å². The van der Waals surface area contributed by atoms with Gasteiger partial charge in [-0.1, -0.05) is 6.42 Å². The van der Waals surface area contributed by atoms with Gasteiger partial charge < -0.3 is 14.6 Å². The van der Waals surface area contributed by atoms with Crippen LogP contribution in [0, 0.1) is 5.92 Å². The number of likely N-dealkylation sites (tertiary alicyclic amines) is 1. The lowest BCUT2D eigenvalue weighted by Crippen LogP contribution is -2.37. The molecular weight excluding hydrogens is 238 g/mol. The van der Waals surface area contributed by atoms with E-state index in [1.54, 1.807) is 0 Å². The van der Waals surface area contributed by atoms with Gasteiger partial charge >= 0.3 is 0 Å². The second-order valence-corrected chi connectivity index (χ2v) is 6.22. The Hall–Kier alpha value is -0.870. The number of aryl methyl sites for hydroxylation is 1. The minimum absolute atomic E-state index is 0.304. The molecule has 0 aromatic carbocycles. The van der Waals surface area contributed by atoms with Crippen molar-refractivity contribution in [2.45, 2.75) is 51.1 Å². The highest BCUT2D eigenvalue weighted by molar-refractivity contribution is 5.08. The van der Waals surface area contributed by atoms with E-state index in [0.717, 1.165) is 25.8 Å². The van der Waals surface area contributed by atoms with E-state index in [9.17, 15) is 5.11 Å². The second-order valence-electron chi connectivity index (χ2n) is 6.22. The molecule has 1 fully saturated rings. The third-order valence-electron chi connectivity index (χ3n) is 4.76. The molecular formula is C15H25N3O. The van der Waals surface area contributed by atoms with E-state index in [-0.39, 0.29) is 0 Å². The summed E-state index contributed by atoms with van der Waals surface area (Å²) in [6.45, 7) is 2.47. The molecule has 2 atom stereocenters. The molecule has 2 aliphatic heterocycles. The number of likely N-dealkylation sites (N-methyl/N-ethyl adjacent to an activating group) is 1. The van der Waals surface area contributed by atoms with Crippen LogP contribution in [0.5, 0.6) is 0 Å². The number of aromatic nitrogens is 2. The monoisotopic (exact) mass is 263 g/mol. The Morgan fingerprint density at radius 3 is 3.05 bits per heavy atom. The number of imidazole rings is 1. The van der Waals surface area contributed by atoms with E-state index in [1.165, 1.54) is 37.3 Å². The van der Waals surface area contributed by atoms with Crippen LogP contribution in [-0.4, -0.2) is 45.8 Å². The fourth-order valence-electron chi connectivity index (χ4n) is 3.46. The highest BCUT2D eigenvalue weighted by Crippen LogP contribution is 2.22. The number of piperidine rings is 1. The third-order valence-corrected chi connectivity index (χ3v) is 4.76. The molecule has 1 aromatic rings. The van der Waals surface area contributed by atoms with Crippen molar-refractivity contribution in [2.75, 3.05) is 20.2 Å². The van der Waals surface area contributed by atoms with Crippen LogP contribution in [0.3, 0.4) is 0 Å². The fourth-order valence-corrected chi connectivity index (χ4v) is 3.46. The van der Waals surface area contributed by atoms with E-state index >= 15 is 0 Å². The maximum absolute atomic E-state index is 9.28. The van der Waals surface area contributed by atoms with Gasteiger partial charge in [-0.05, 0) is 32.9 Å². The molecule has 1 aromatic heterocycles. The third kappa shape index (κ3) is 2.84. The molecule has 0 aliphatic carbocycles. The predicted octanol–water partition coefficient (Wildman–Crippen LogP) is 1.46. The molecule has 4 nitrogen and oxygen atoms in total. The number of aliphatic hydroxyl groups excluding tert-OH is 1. The Morgan fingerprint density at radius 1 is 1.37 bits per heavy atom. The molecule has 0 radical (unpaired) electrons. The molecule has 3 rings (SSSR count). The topological polar surface area (TPSA) is 41.3 Å². The van der Waals surface area contributed by atoms with Gasteiger partial charge in [0.25, 0.3) is 0 Å². The van der Waals surface area contributed by atoms with Gasteiger partial charge in [0.2, 0.25) is 0 Å². The summed E-state index contributed by atoms with van der Waals surface area (Å²) in [6.07, 6.45) is 9.40. The van der Waals surface area contributed by atoms with Crippen LogP contribution in [-0.2, 0) is 19.4 Å². The van der Waals surface area contributed by atoms with Crippen molar-refractivity contribution in [3.8, 4) is 0 Å². The van der Waals surface area contributed by atoms with E-state index in [4.69, 9.17) is 4.98 Å². The zero-order chi connectivity index (χ0) is 13.2. The average molecular weight is 263 g/mol. The molecule has 19 heavy (non-hydrogen) atoms. The van der Waals surface area contributed by atoms with E-state index < -0.39 is 0 Å². The lowest BCUT2D eigenvalue weighted by molar-refractivity contribution is 0.183. The average Bonchev–Trinajstić information content (AvgIpc) is 2.82. The first-order valence-corrected chi connectivity index (χ1v) is 7.62. The Balaban J connectivity index is 1.67. The summed E-state index contributed by atoms with van der Waals surface area (Å²) in [6, 6.07) is 0.666. The molecule has 0 bridgehead atoms. The van der Waals surface area contributed by atoms with E-state index in [2.05, 4.69) is 22.7 Å². The summed E-state index contributed by atoms with van der Waals surface area (Å²) in [7, 11) is 2.24. The van der Waals surface area contributed by atoms with Crippen LogP contribution in [0.4, 0.5) is 0 Å². The number of hydrogen-bond acceptors (Lipinski definition) is 3. The van der Waals surface area contributed by atoms with Crippen LogP contribution in [0.1, 0.15) is 37.2 Å². The van der Waals surface area contributed by atoms with Crippen LogP contribution >= 0.6 is 0 Å². The molecule has 3 heterocycles. The van der Waals surface area contributed by atoms with Crippen molar-refractivity contribution < 1.29 is 5.11 Å². The highest BCUT2D eigenvalue weighted by atomic mass is 16.3. The molecule has 2 unspecified atom stereocenters. The van der Waals surface area contributed by atoms with Crippen LogP contribution in [0.15, 0.2) is 6.20 Å². The number of fused-ring (bicyclic) bond motifs is 1. The maximum atomic E-state index is 9.28. The van der Waals surface area contributed by atoms with Gasteiger partial charge in [0.1, 0.15) is 5.82 Å².